The van der Waals surface area contributed by atoms with Gasteiger partial charge in [0.25, 0.3) is 0 Å². The van der Waals surface area contributed by atoms with Crippen LogP contribution in [-0.4, -0.2) is 30.3 Å². The number of fused-ring (bicyclic) bond motifs is 1. The largest absolute Gasteiger partial charge is 0.493 e. The lowest BCUT2D eigenvalue weighted by atomic mass is 10.1. The Hall–Kier alpha value is -2.56. The Morgan fingerprint density at radius 3 is 2.45 bits per heavy atom. The first-order valence-corrected chi connectivity index (χ1v) is 5.99. The number of carboxylic acid groups (broad SMARTS) is 1. The van der Waals surface area contributed by atoms with Crippen molar-refractivity contribution in [3.05, 3.63) is 35.5 Å². The highest BCUT2D eigenvalue weighted by atomic mass is 16.5. The molecular weight excluding hydrogens is 258 g/mol. The molecule has 0 saturated heterocycles. The van der Waals surface area contributed by atoms with Gasteiger partial charge in [0.15, 0.2) is 11.5 Å². The van der Waals surface area contributed by atoms with E-state index in [-0.39, 0.29) is 0 Å². The molecule has 0 unspecified atom stereocenters. The maximum atomic E-state index is 10.6. The van der Waals surface area contributed by atoms with E-state index < -0.39 is 5.97 Å². The van der Waals surface area contributed by atoms with Gasteiger partial charge in [-0.1, -0.05) is 0 Å². The second-order valence-corrected chi connectivity index (χ2v) is 4.26. The van der Waals surface area contributed by atoms with Crippen LogP contribution in [0.15, 0.2) is 24.3 Å². The van der Waals surface area contributed by atoms with Crippen LogP contribution in [0.2, 0.25) is 0 Å². The van der Waals surface area contributed by atoms with Crippen molar-refractivity contribution >= 4 is 22.9 Å². The van der Waals surface area contributed by atoms with Gasteiger partial charge in [0.05, 0.1) is 25.4 Å². The van der Waals surface area contributed by atoms with E-state index >= 15 is 0 Å². The highest BCUT2D eigenvalue weighted by molar-refractivity contribution is 5.88. The molecule has 1 aromatic heterocycles. The number of aromatic nitrogens is 1. The van der Waals surface area contributed by atoms with Crippen molar-refractivity contribution in [2.45, 2.75) is 6.92 Å². The normalized spacial score (nSPS) is 10.9. The van der Waals surface area contributed by atoms with Gasteiger partial charge in [-0.25, -0.2) is 9.78 Å². The van der Waals surface area contributed by atoms with E-state index in [1.165, 1.54) is 6.08 Å². The molecule has 1 heterocycles. The smallest absolute Gasteiger partial charge is 0.328 e. The standard InChI is InChI=1S/C15H15NO4/c1-9-6-10(4-5-15(17)18)16-12-8-14(20-3)13(19-2)7-11(9)12/h4-8H,1-3H3,(H,17,18)/b5-4+. The third-order valence-corrected chi connectivity index (χ3v) is 2.94. The molecule has 5 nitrogen and oxygen atoms in total. The van der Waals surface area contributed by atoms with Gasteiger partial charge >= 0.3 is 5.97 Å². The molecule has 0 amide bonds. The minimum absolute atomic E-state index is 0.588. The third kappa shape index (κ3) is 2.71. The zero-order valence-corrected chi connectivity index (χ0v) is 11.5. The molecule has 0 aliphatic heterocycles. The SMILES string of the molecule is COc1cc2nc(/C=C/C(=O)O)cc(C)c2cc1OC. The number of hydrogen-bond acceptors (Lipinski definition) is 4. The zero-order valence-electron chi connectivity index (χ0n) is 11.5. The molecule has 2 rings (SSSR count). The number of carboxylic acids is 1. The minimum Gasteiger partial charge on any atom is -0.493 e. The number of carbonyl (C=O) groups is 1. The van der Waals surface area contributed by atoms with Crippen molar-refractivity contribution in [3.8, 4) is 11.5 Å². The van der Waals surface area contributed by atoms with Crippen molar-refractivity contribution in [1.82, 2.24) is 4.98 Å². The van der Waals surface area contributed by atoms with Crippen molar-refractivity contribution in [3.63, 3.8) is 0 Å². The number of pyridine rings is 1. The number of methoxy groups -OCH3 is 2. The summed E-state index contributed by atoms with van der Waals surface area (Å²) in [7, 11) is 3.14. The van der Waals surface area contributed by atoms with E-state index in [1.54, 1.807) is 20.3 Å². The quantitative estimate of drug-likeness (QED) is 0.867. The van der Waals surface area contributed by atoms with Crippen molar-refractivity contribution in [2.24, 2.45) is 0 Å². The number of benzene rings is 1. The highest BCUT2D eigenvalue weighted by Crippen LogP contribution is 2.33. The molecule has 5 heteroatoms. The number of rotatable bonds is 4. The molecular formula is C15H15NO4. The fourth-order valence-electron chi connectivity index (χ4n) is 1.99. The van der Waals surface area contributed by atoms with Gasteiger partial charge < -0.3 is 14.6 Å². The van der Waals surface area contributed by atoms with E-state index in [4.69, 9.17) is 14.6 Å². The monoisotopic (exact) mass is 273 g/mol. The number of ether oxygens (including phenoxy) is 2. The van der Waals surface area contributed by atoms with Crippen LogP contribution in [0.3, 0.4) is 0 Å². The van der Waals surface area contributed by atoms with Crippen LogP contribution in [0.25, 0.3) is 17.0 Å². The summed E-state index contributed by atoms with van der Waals surface area (Å²) in [6.07, 6.45) is 2.53. The Bertz CT molecular complexity index is 692. The molecule has 1 N–H and O–H groups in total. The van der Waals surface area contributed by atoms with E-state index in [2.05, 4.69) is 4.98 Å². The zero-order chi connectivity index (χ0) is 14.7. The first-order valence-electron chi connectivity index (χ1n) is 5.99. The van der Waals surface area contributed by atoms with Gasteiger partial charge in [0, 0.05) is 17.5 Å². The lowest BCUT2D eigenvalue weighted by Gasteiger charge is -2.10. The summed E-state index contributed by atoms with van der Waals surface area (Å²) in [5.41, 5.74) is 2.30. The average molecular weight is 273 g/mol. The van der Waals surface area contributed by atoms with Crippen LogP contribution >= 0.6 is 0 Å². The Labute approximate surface area is 116 Å². The van der Waals surface area contributed by atoms with Gasteiger partial charge in [-0.2, -0.15) is 0 Å². The lowest BCUT2D eigenvalue weighted by molar-refractivity contribution is -0.131. The van der Waals surface area contributed by atoms with Crippen LogP contribution < -0.4 is 9.47 Å². The summed E-state index contributed by atoms with van der Waals surface area (Å²) in [6, 6.07) is 5.47. The summed E-state index contributed by atoms with van der Waals surface area (Å²) in [5, 5.41) is 9.60. The number of aliphatic carboxylic acids is 1. The van der Waals surface area contributed by atoms with Crippen LogP contribution in [0.4, 0.5) is 0 Å². The number of nitrogens with zero attached hydrogens (tertiary/aromatic N) is 1. The van der Waals surface area contributed by atoms with E-state index in [1.807, 2.05) is 19.1 Å². The molecule has 0 radical (unpaired) electrons. The van der Waals surface area contributed by atoms with Crippen molar-refractivity contribution < 1.29 is 19.4 Å². The molecule has 0 atom stereocenters. The minimum atomic E-state index is -1.00. The van der Waals surface area contributed by atoms with E-state index in [9.17, 15) is 4.79 Å². The third-order valence-electron chi connectivity index (χ3n) is 2.94. The molecule has 1 aromatic carbocycles. The molecule has 2 aromatic rings. The predicted molar refractivity (Wildman–Crippen MR) is 76.3 cm³/mol. The van der Waals surface area contributed by atoms with Crippen molar-refractivity contribution in [1.29, 1.82) is 0 Å². The fourth-order valence-corrected chi connectivity index (χ4v) is 1.99. The fraction of sp³-hybridized carbons (Fsp3) is 0.200. The lowest BCUT2D eigenvalue weighted by Crippen LogP contribution is -1.94. The molecule has 0 aliphatic carbocycles. The van der Waals surface area contributed by atoms with E-state index in [0.717, 1.165) is 22.5 Å². The highest BCUT2D eigenvalue weighted by Gasteiger charge is 2.09. The number of hydrogen-bond donors (Lipinski definition) is 1. The second-order valence-electron chi connectivity index (χ2n) is 4.26. The van der Waals surface area contributed by atoms with Gasteiger partial charge in [0.2, 0.25) is 0 Å². The summed E-state index contributed by atoms with van der Waals surface area (Å²) >= 11 is 0. The molecule has 20 heavy (non-hydrogen) atoms. The molecule has 0 bridgehead atoms. The predicted octanol–water partition coefficient (Wildman–Crippen LogP) is 2.66. The Balaban J connectivity index is 2.61. The maximum Gasteiger partial charge on any atom is 0.328 e. The Kier molecular flexibility index (Phi) is 3.89. The summed E-state index contributed by atoms with van der Waals surface area (Å²) in [4.78, 5) is 15.0. The molecule has 0 aliphatic rings. The molecule has 104 valence electrons. The molecule has 0 fully saturated rings. The van der Waals surface area contributed by atoms with Crippen LogP contribution in [0, 0.1) is 6.92 Å². The van der Waals surface area contributed by atoms with Gasteiger partial charge in [-0.15, -0.1) is 0 Å². The Morgan fingerprint density at radius 1 is 1.20 bits per heavy atom. The number of aryl methyl sites for hydroxylation is 1. The van der Waals surface area contributed by atoms with E-state index in [0.29, 0.717) is 17.2 Å². The summed E-state index contributed by atoms with van der Waals surface area (Å²) in [5.74, 6) is 0.224. The van der Waals surface area contributed by atoms with Crippen LogP contribution in [0.1, 0.15) is 11.3 Å². The van der Waals surface area contributed by atoms with Gasteiger partial charge in [-0.3, -0.25) is 0 Å². The van der Waals surface area contributed by atoms with Crippen molar-refractivity contribution in [2.75, 3.05) is 14.2 Å². The molecule has 0 spiro atoms. The van der Waals surface area contributed by atoms with Gasteiger partial charge in [0.1, 0.15) is 0 Å². The van der Waals surface area contributed by atoms with Crippen LogP contribution in [-0.2, 0) is 4.79 Å². The first kappa shape index (κ1) is 13.9. The average Bonchev–Trinajstić information content (AvgIpc) is 2.43. The summed E-state index contributed by atoms with van der Waals surface area (Å²) < 4.78 is 10.5. The second kappa shape index (κ2) is 5.61. The summed E-state index contributed by atoms with van der Waals surface area (Å²) in [6.45, 7) is 1.94. The van der Waals surface area contributed by atoms with Gasteiger partial charge in [-0.05, 0) is 30.7 Å². The molecule has 0 saturated carbocycles. The Morgan fingerprint density at radius 2 is 1.85 bits per heavy atom. The van der Waals surface area contributed by atoms with Crippen LogP contribution in [0.5, 0.6) is 11.5 Å². The maximum absolute atomic E-state index is 10.6. The topological polar surface area (TPSA) is 68.7 Å². The first-order chi connectivity index (χ1) is 9.55.